The van der Waals surface area contributed by atoms with E-state index in [-0.39, 0.29) is 10.8 Å². The number of nitrogens with one attached hydrogen (secondary N) is 1. The first-order chi connectivity index (χ1) is 9.94. The van der Waals surface area contributed by atoms with Crippen LogP contribution in [-0.4, -0.2) is 12.6 Å². The maximum absolute atomic E-state index is 13.7. The molecule has 0 spiro atoms. The SMILES string of the molecule is CCCNC(Cc1ccc(Cl)c(F)c1)C1CCCC1(C)C. The zero-order chi connectivity index (χ0) is 15.5. The maximum atomic E-state index is 13.7. The van der Waals surface area contributed by atoms with Crippen molar-refractivity contribution in [1.82, 2.24) is 5.32 Å². The molecule has 1 aliphatic carbocycles. The highest BCUT2D eigenvalue weighted by Gasteiger charge is 2.39. The predicted octanol–water partition coefficient (Wildman–Crippen LogP) is 5.22. The summed E-state index contributed by atoms with van der Waals surface area (Å²) in [6.45, 7) is 7.95. The fourth-order valence-electron chi connectivity index (χ4n) is 3.71. The summed E-state index contributed by atoms with van der Waals surface area (Å²) >= 11 is 5.78. The minimum atomic E-state index is -0.311. The summed E-state index contributed by atoms with van der Waals surface area (Å²) in [4.78, 5) is 0. The molecule has 1 saturated carbocycles. The van der Waals surface area contributed by atoms with Crippen molar-refractivity contribution in [3.8, 4) is 0 Å². The first kappa shape index (κ1) is 16.8. The minimum Gasteiger partial charge on any atom is -0.313 e. The quantitative estimate of drug-likeness (QED) is 0.760. The molecule has 2 rings (SSSR count). The third-order valence-corrected chi connectivity index (χ3v) is 5.23. The fourth-order valence-corrected chi connectivity index (χ4v) is 3.82. The van der Waals surface area contributed by atoms with Gasteiger partial charge in [0.05, 0.1) is 5.02 Å². The molecule has 2 unspecified atom stereocenters. The average molecular weight is 312 g/mol. The number of hydrogen-bond donors (Lipinski definition) is 1. The monoisotopic (exact) mass is 311 g/mol. The second-order valence-corrected chi connectivity index (χ2v) is 7.41. The van der Waals surface area contributed by atoms with Gasteiger partial charge in [0.25, 0.3) is 0 Å². The van der Waals surface area contributed by atoms with Gasteiger partial charge in [0.1, 0.15) is 5.82 Å². The van der Waals surface area contributed by atoms with Gasteiger partial charge in [-0.1, -0.05) is 44.9 Å². The first-order valence-corrected chi connectivity index (χ1v) is 8.49. The Hall–Kier alpha value is -0.600. The lowest BCUT2D eigenvalue weighted by molar-refractivity contribution is 0.195. The maximum Gasteiger partial charge on any atom is 0.142 e. The summed E-state index contributed by atoms with van der Waals surface area (Å²) in [5.41, 5.74) is 1.41. The van der Waals surface area contributed by atoms with E-state index in [1.807, 2.05) is 6.07 Å². The molecule has 1 N–H and O–H groups in total. The van der Waals surface area contributed by atoms with Crippen molar-refractivity contribution in [2.24, 2.45) is 11.3 Å². The number of benzene rings is 1. The van der Waals surface area contributed by atoms with Crippen molar-refractivity contribution in [3.05, 3.63) is 34.6 Å². The van der Waals surface area contributed by atoms with Gasteiger partial charge in [-0.25, -0.2) is 4.39 Å². The van der Waals surface area contributed by atoms with Crippen molar-refractivity contribution >= 4 is 11.6 Å². The van der Waals surface area contributed by atoms with Crippen molar-refractivity contribution in [2.75, 3.05) is 6.54 Å². The van der Waals surface area contributed by atoms with Crippen LogP contribution in [0.15, 0.2) is 18.2 Å². The van der Waals surface area contributed by atoms with E-state index < -0.39 is 0 Å². The van der Waals surface area contributed by atoms with Crippen LogP contribution in [0, 0.1) is 17.2 Å². The van der Waals surface area contributed by atoms with Gasteiger partial charge >= 0.3 is 0 Å². The van der Waals surface area contributed by atoms with Gasteiger partial charge in [0.15, 0.2) is 0 Å². The molecule has 1 aromatic rings. The smallest absolute Gasteiger partial charge is 0.142 e. The van der Waals surface area contributed by atoms with Gasteiger partial charge in [-0.15, -0.1) is 0 Å². The Morgan fingerprint density at radius 1 is 1.43 bits per heavy atom. The molecule has 1 nitrogen and oxygen atoms in total. The largest absolute Gasteiger partial charge is 0.313 e. The van der Waals surface area contributed by atoms with Crippen LogP contribution in [0.5, 0.6) is 0 Å². The van der Waals surface area contributed by atoms with Gasteiger partial charge in [-0.3, -0.25) is 0 Å². The lowest BCUT2D eigenvalue weighted by Crippen LogP contribution is -2.42. The van der Waals surface area contributed by atoms with Gasteiger partial charge in [0.2, 0.25) is 0 Å². The van der Waals surface area contributed by atoms with Crippen LogP contribution < -0.4 is 5.32 Å². The van der Waals surface area contributed by atoms with Crippen molar-refractivity contribution in [2.45, 2.75) is 58.9 Å². The second-order valence-electron chi connectivity index (χ2n) is 7.00. The molecular weight excluding hydrogens is 285 g/mol. The van der Waals surface area contributed by atoms with E-state index in [0.717, 1.165) is 24.9 Å². The molecule has 21 heavy (non-hydrogen) atoms. The Morgan fingerprint density at radius 2 is 2.19 bits per heavy atom. The van der Waals surface area contributed by atoms with Crippen LogP contribution in [0.3, 0.4) is 0 Å². The van der Waals surface area contributed by atoms with Crippen LogP contribution in [0.1, 0.15) is 52.0 Å². The summed E-state index contributed by atoms with van der Waals surface area (Å²) < 4.78 is 13.7. The average Bonchev–Trinajstić information content (AvgIpc) is 2.78. The molecule has 0 radical (unpaired) electrons. The Labute approximate surface area is 133 Å². The van der Waals surface area contributed by atoms with E-state index in [4.69, 9.17) is 11.6 Å². The van der Waals surface area contributed by atoms with E-state index in [1.165, 1.54) is 19.3 Å². The van der Waals surface area contributed by atoms with E-state index in [9.17, 15) is 4.39 Å². The standard InChI is InChI=1S/C18H27ClFN/c1-4-10-21-17(14-6-5-9-18(14,2)3)12-13-7-8-15(19)16(20)11-13/h7-8,11,14,17,21H,4-6,9-10,12H2,1-3H3. The molecule has 0 bridgehead atoms. The fraction of sp³-hybridized carbons (Fsp3) is 0.667. The molecule has 1 aromatic carbocycles. The molecule has 0 aromatic heterocycles. The van der Waals surface area contributed by atoms with Gasteiger partial charge in [-0.05, 0) is 61.3 Å². The highest BCUT2D eigenvalue weighted by molar-refractivity contribution is 6.30. The summed E-state index contributed by atoms with van der Waals surface area (Å²) in [6.07, 6.45) is 5.86. The summed E-state index contributed by atoms with van der Waals surface area (Å²) in [5.74, 6) is 0.344. The van der Waals surface area contributed by atoms with Crippen LogP contribution in [0.4, 0.5) is 4.39 Å². The summed E-state index contributed by atoms with van der Waals surface area (Å²) in [7, 11) is 0. The third kappa shape index (κ3) is 4.20. The topological polar surface area (TPSA) is 12.0 Å². The normalized spacial score (nSPS) is 22.4. The van der Waals surface area contributed by atoms with Crippen LogP contribution in [-0.2, 0) is 6.42 Å². The van der Waals surface area contributed by atoms with Crippen molar-refractivity contribution in [3.63, 3.8) is 0 Å². The molecule has 0 amide bonds. The summed E-state index contributed by atoms with van der Waals surface area (Å²) in [6, 6.07) is 5.63. The second kappa shape index (κ2) is 7.11. The lowest BCUT2D eigenvalue weighted by Gasteiger charge is -2.35. The highest BCUT2D eigenvalue weighted by Crippen LogP contribution is 2.45. The molecule has 0 aliphatic heterocycles. The molecular formula is C18H27ClFN. The number of hydrogen-bond acceptors (Lipinski definition) is 1. The summed E-state index contributed by atoms with van der Waals surface area (Å²) in [5, 5.41) is 3.90. The third-order valence-electron chi connectivity index (χ3n) is 4.92. The lowest BCUT2D eigenvalue weighted by atomic mass is 9.76. The van der Waals surface area contributed by atoms with Crippen LogP contribution >= 0.6 is 11.6 Å². The van der Waals surface area contributed by atoms with Crippen molar-refractivity contribution in [1.29, 1.82) is 0 Å². The zero-order valence-corrected chi connectivity index (χ0v) is 14.1. The Balaban J connectivity index is 2.14. The highest BCUT2D eigenvalue weighted by atomic mass is 35.5. The molecule has 2 atom stereocenters. The minimum absolute atomic E-state index is 0.206. The van der Waals surface area contributed by atoms with Gasteiger partial charge in [-0.2, -0.15) is 0 Å². The van der Waals surface area contributed by atoms with Crippen LogP contribution in [0.2, 0.25) is 5.02 Å². The van der Waals surface area contributed by atoms with E-state index in [0.29, 0.717) is 17.4 Å². The van der Waals surface area contributed by atoms with Crippen molar-refractivity contribution < 1.29 is 4.39 Å². The number of rotatable bonds is 6. The molecule has 118 valence electrons. The van der Waals surface area contributed by atoms with Crippen LogP contribution in [0.25, 0.3) is 0 Å². The van der Waals surface area contributed by atoms with E-state index in [2.05, 4.69) is 26.1 Å². The predicted molar refractivity (Wildman–Crippen MR) is 88.3 cm³/mol. The Kier molecular flexibility index (Phi) is 5.67. The van der Waals surface area contributed by atoms with E-state index >= 15 is 0 Å². The molecule has 1 fully saturated rings. The molecule has 0 saturated heterocycles. The Morgan fingerprint density at radius 3 is 2.76 bits per heavy atom. The van der Waals surface area contributed by atoms with Gasteiger partial charge in [0, 0.05) is 6.04 Å². The molecule has 1 aliphatic rings. The zero-order valence-electron chi connectivity index (χ0n) is 13.4. The number of halogens is 2. The molecule has 3 heteroatoms. The Bertz CT molecular complexity index is 472. The molecule has 0 heterocycles. The van der Waals surface area contributed by atoms with E-state index in [1.54, 1.807) is 12.1 Å². The first-order valence-electron chi connectivity index (χ1n) is 8.11. The van der Waals surface area contributed by atoms with Gasteiger partial charge < -0.3 is 5.32 Å².